The van der Waals surface area contributed by atoms with E-state index in [1.807, 2.05) is 50.4 Å². The van der Waals surface area contributed by atoms with Gasteiger partial charge in [-0.15, -0.1) is 12.4 Å². The molecule has 0 spiro atoms. The summed E-state index contributed by atoms with van der Waals surface area (Å²) in [6.07, 6.45) is 0. The minimum Gasteiger partial charge on any atom is -0.399 e. The van der Waals surface area contributed by atoms with Gasteiger partial charge in [0.2, 0.25) is 0 Å². The molecule has 0 aliphatic rings. The summed E-state index contributed by atoms with van der Waals surface area (Å²) < 4.78 is 13.8. The molecule has 0 heterocycles. The lowest BCUT2D eigenvalue weighted by Crippen LogP contribution is -2.22. The Bertz CT molecular complexity index is 560. The van der Waals surface area contributed by atoms with Crippen LogP contribution in [-0.2, 0) is 6.54 Å². The summed E-state index contributed by atoms with van der Waals surface area (Å²) in [5.41, 5.74) is 8.37. The van der Waals surface area contributed by atoms with Crippen LogP contribution in [0.2, 0.25) is 0 Å². The van der Waals surface area contributed by atoms with Crippen LogP contribution >= 0.6 is 12.4 Å². The van der Waals surface area contributed by atoms with Gasteiger partial charge in [0.25, 0.3) is 0 Å². The standard InChI is InChI=1S/C16H19FN2.ClH/c1-12(15-8-3-4-9-16(15)17)19(2)11-13-6-5-7-14(18)10-13;/h3-10,12H,11,18H2,1-2H3;1H. The molecule has 0 radical (unpaired) electrons. The van der Waals surface area contributed by atoms with Crippen LogP contribution in [0, 0.1) is 5.82 Å². The summed E-state index contributed by atoms with van der Waals surface area (Å²) in [7, 11) is 1.99. The van der Waals surface area contributed by atoms with Gasteiger partial charge < -0.3 is 5.73 Å². The van der Waals surface area contributed by atoms with Gasteiger partial charge in [0.15, 0.2) is 0 Å². The Balaban J connectivity index is 0.00000200. The molecule has 0 fully saturated rings. The molecule has 0 amide bonds. The van der Waals surface area contributed by atoms with Crippen LogP contribution in [0.4, 0.5) is 10.1 Å². The molecule has 20 heavy (non-hydrogen) atoms. The van der Waals surface area contributed by atoms with E-state index in [0.29, 0.717) is 5.56 Å². The number of halogens is 2. The van der Waals surface area contributed by atoms with Crippen molar-refractivity contribution in [2.24, 2.45) is 0 Å². The third-order valence-electron chi connectivity index (χ3n) is 3.40. The quantitative estimate of drug-likeness (QED) is 0.863. The van der Waals surface area contributed by atoms with E-state index in [0.717, 1.165) is 17.8 Å². The predicted molar refractivity (Wildman–Crippen MR) is 84.4 cm³/mol. The number of nitrogens with zero attached hydrogens (tertiary/aromatic N) is 1. The Morgan fingerprint density at radius 3 is 2.50 bits per heavy atom. The average molecular weight is 295 g/mol. The predicted octanol–water partition coefficient (Wildman–Crippen LogP) is 4.02. The van der Waals surface area contributed by atoms with Crippen LogP contribution in [0.3, 0.4) is 0 Å². The third-order valence-corrected chi connectivity index (χ3v) is 3.40. The van der Waals surface area contributed by atoms with Gasteiger partial charge in [0.05, 0.1) is 0 Å². The molecule has 0 aliphatic carbocycles. The second kappa shape index (κ2) is 7.27. The molecule has 1 atom stereocenters. The lowest BCUT2D eigenvalue weighted by molar-refractivity contribution is 0.248. The number of nitrogen functional groups attached to an aromatic ring is 1. The van der Waals surface area contributed by atoms with Crippen molar-refractivity contribution in [3.63, 3.8) is 0 Å². The molecular weight excluding hydrogens is 275 g/mol. The molecule has 0 aliphatic heterocycles. The topological polar surface area (TPSA) is 29.3 Å². The highest BCUT2D eigenvalue weighted by Gasteiger charge is 2.15. The maximum Gasteiger partial charge on any atom is 0.127 e. The Kier molecular flexibility index (Phi) is 5.99. The second-order valence-corrected chi connectivity index (χ2v) is 4.86. The van der Waals surface area contributed by atoms with Gasteiger partial charge in [-0.3, -0.25) is 4.90 Å². The van der Waals surface area contributed by atoms with Crippen molar-refractivity contribution in [1.82, 2.24) is 4.90 Å². The molecule has 108 valence electrons. The first-order valence-electron chi connectivity index (χ1n) is 6.37. The normalized spacial score (nSPS) is 12.0. The fraction of sp³-hybridized carbons (Fsp3) is 0.250. The first-order chi connectivity index (χ1) is 9.08. The molecule has 2 aromatic rings. The van der Waals surface area contributed by atoms with E-state index < -0.39 is 0 Å². The Labute approximate surface area is 125 Å². The molecule has 2 nitrogen and oxygen atoms in total. The molecule has 1 unspecified atom stereocenters. The van der Waals surface area contributed by atoms with Gasteiger partial charge in [-0.25, -0.2) is 4.39 Å². The van der Waals surface area contributed by atoms with Crippen LogP contribution < -0.4 is 5.73 Å². The number of benzene rings is 2. The van der Waals surface area contributed by atoms with Gasteiger partial charge in [0, 0.05) is 23.8 Å². The number of nitrogens with two attached hydrogens (primary N) is 1. The van der Waals surface area contributed by atoms with Crippen LogP contribution in [0.15, 0.2) is 48.5 Å². The minimum atomic E-state index is -0.158. The van der Waals surface area contributed by atoms with E-state index in [1.165, 1.54) is 6.07 Å². The largest absolute Gasteiger partial charge is 0.399 e. The summed E-state index contributed by atoms with van der Waals surface area (Å²) in [6.45, 7) is 2.74. The van der Waals surface area contributed by atoms with Crippen molar-refractivity contribution in [3.8, 4) is 0 Å². The van der Waals surface area contributed by atoms with E-state index in [4.69, 9.17) is 5.73 Å². The molecule has 0 bridgehead atoms. The SMILES string of the molecule is CC(c1ccccc1F)N(C)Cc1cccc(N)c1.Cl. The first kappa shape index (κ1) is 16.5. The summed E-state index contributed by atoms with van der Waals surface area (Å²) in [5.74, 6) is -0.158. The van der Waals surface area contributed by atoms with E-state index in [-0.39, 0.29) is 24.3 Å². The van der Waals surface area contributed by atoms with Crippen molar-refractivity contribution in [1.29, 1.82) is 0 Å². The van der Waals surface area contributed by atoms with Crippen molar-refractivity contribution >= 4 is 18.1 Å². The Hall–Kier alpha value is -1.58. The van der Waals surface area contributed by atoms with Gasteiger partial charge in [0.1, 0.15) is 5.82 Å². The zero-order valence-corrected chi connectivity index (χ0v) is 12.5. The summed E-state index contributed by atoms with van der Waals surface area (Å²) >= 11 is 0. The Morgan fingerprint density at radius 1 is 1.15 bits per heavy atom. The number of anilines is 1. The molecular formula is C16H20ClFN2. The van der Waals surface area contributed by atoms with Gasteiger partial charge in [-0.05, 0) is 37.7 Å². The zero-order chi connectivity index (χ0) is 13.8. The third kappa shape index (κ3) is 3.95. The fourth-order valence-electron chi connectivity index (χ4n) is 2.17. The molecule has 2 rings (SSSR count). The van der Waals surface area contributed by atoms with Gasteiger partial charge in [-0.1, -0.05) is 30.3 Å². The van der Waals surface area contributed by atoms with Crippen LogP contribution in [0.1, 0.15) is 24.1 Å². The minimum absolute atomic E-state index is 0. The van der Waals surface area contributed by atoms with Crippen LogP contribution in [0.5, 0.6) is 0 Å². The molecule has 0 aromatic heterocycles. The van der Waals surface area contributed by atoms with Gasteiger partial charge >= 0.3 is 0 Å². The van der Waals surface area contributed by atoms with Crippen molar-refractivity contribution in [2.75, 3.05) is 12.8 Å². The van der Waals surface area contributed by atoms with Gasteiger partial charge in [-0.2, -0.15) is 0 Å². The number of rotatable bonds is 4. The Morgan fingerprint density at radius 2 is 1.85 bits per heavy atom. The average Bonchev–Trinajstić information content (AvgIpc) is 2.38. The molecule has 2 aromatic carbocycles. The fourth-order valence-corrected chi connectivity index (χ4v) is 2.17. The van der Waals surface area contributed by atoms with Crippen molar-refractivity contribution in [2.45, 2.75) is 19.5 Å². The first-order valence-corrected chi connectivity index (χ1v) is 6.37. The maximum absolute atomic E-state index is 13.8. The van der Waals surface area contributed by atoms with E-state index >= 15 is 0 Å². The highest BCUT2D eigenvalue weighted by atomic mass is 35.5. The second-order valence-electron chi connectivity index (χ2n) is 4.86. The van der Waals surface area contributed by atoms with Crippen LogP contribution in [0.25, 0.3) is 0 Å². The summed E-state index contributed by atoms with van der Waals surface area (Å²) in [4.78, 5) is 2.10. The zero-order valence-electron chi connectivity index (χ0n) is 11.7. The van der Waals surface area contributed by atoms with Crippen LogP contribution in [-0.4, -0.2) is 11.9 Å². The highest BCUT2D eigenvalue weighted by molar-refractivity contribution is 5.85. The highest BCUT2D eigenvalue weighted by Crippen LogP contribution is 2.23. The van der Waals surface area contributed by atoms with E-state index in [1.54, 1.807) is 6.07 Å². The van der Waals surface area contributed by atoms with Crippen molar-refractivity contribution < 1.29 is 4.39 Å². The van der Waals surface area contributed by atoms with E-state index in [9.17, 15) is 4.39 Å². The number of hydrogen-bond acceptors (Lipinski definition) is 2. The number of hydrogen-bond donors (Lipinski definition) is 1. The monoisotopic (exact) mass is 294 g/mol. The lowest BCUT2D eigenvalue weighted by Gasteiger charge is -2.25. The smallest absolute Gasteiger partial charge is 0.127 e. The van der Waals surface area contributed by atoms with E-state index in [2.05, 4.69) is 4.90 Å². The maximum atomic E-state index is 13.8. The summed E-state index contributed by atoms with van der Waals surface area (Å²) in [5, 5.41) is 0. The lowest BCUT2D eigenvalue weighted by atomic mass is 10.1. The van der Waals surface area contributed by atoms with Crippen molar-refractivity contribution in [3.05, 3.63) is 65.5 Å². The molecule has 2 N–H and O–H groups in total. The molecule has 0 saturated heterocycles. The molecule has 4 heteroatoms. The molecule has 0 saturated carbocycles. The summed E-state index contributed by atoms with van der Waals surface area (Å²) in [6, 6.07) is 14.7.